The molecule has 0 N–H and O–H groups in total. The van der Waals surface area contributed by atoms with E-state index in [1.54, 1.807) is 4.90 Å². The number of nitrogens with zero attached hydrogens (tertiary/aromatic N) is 1. The number of fused-ring (bicyclic) bond motifs is 1. The molecule has 0 radical (unpaired) electrons. The summed E-state index contributed by atoms with van der Waals surface area (Å²) < 4.78 is 17.0. The van der Waals surface area contributed by atoms with Crippen LogP contribution in [0, 0.1) is 5.92 Å². The number of para-hydroxylation sites is 1. The molecule has 0 spiro atoms. The minimum atomic E-state index is -0.441. The quantitative estimate of drug-likeness (QED) is 0.813. The third kappa shape index (κ3) is 4.98. The Kier molecular flexibility index (Phi) is 5.33. The van der Waals surface area contributed by atoms with Crippen LogP contribution in [0.25, 0.3) is 11.0 Å². The molecule has 0 aliphatic carbocycles. The van der Waals surface area contributed by atoms with Crippen LogP contribution in [0.15, 0.2) is 34.7 Å². The standard InChI is InChI=1S/C20H27NO4/c1-20(2,3)25-19(22)21-10-8-15(9-11-21)13-23-14-17-12-16-6-4-5-7-18(16)24-17/h4-7,12,15H,8-11,13-14H2,1-3H3. The van der Waals surface area contributed by atoms with Gasteiger partial charge in [0, 0.05) is 18.5 Å². The molecule has 5 heteroatoms. The Morgan fingerprint density at radius 3 is 2.64 bits per heavy atom. The van der Waals surface area contributed by atoms with Crippen LogP contribution in [0.5, 0.6) is 0 Å². The van der Waals surface area contributed by atoms with E-state index in [2.05, 4.69) is 0 Å². The number of carbonyl (C=O) groups is 1. The Morgan fingerprint density at radius 2 is 1.96 bits per heavy atom. The average molecular weight is 345 g/mol. The Balaban J connectivity index is 1.40. The molecule has 1 fully saturated rings. The maximum atomic E-state index is 12.1. The molecule has 1 aliphatic rings. The fourth-order valence-electron chi connectivity index (χ4n) is 3.04. The van der Waals surface area contributed by atoms with Gasteiger partial charge in [0.25, 0.3) is 0 Å². The van der Waals surface area contributed by atoms with Gasteiger partial charge in [-0.2, -0.15) is 0 Å². The number of carbonyl (C=O) groups excluding carboxylic acids is 1. The van der Waals surface area contributed by atoms with Crippen molar-refractivity contribution in [1.29, 1.82) is 0 Å². The van der Waals surface area contributed by atoms with Crippen molar-refractivity contribution in [2.45, 2.75) is 45.8 Å². The second-order valence-electron chi connectivity index (χ2n) is 7.68. The summed E-state index contributed by atoms with van der Waals surface area (Å²) in [5.74, 6) is 1.33. The van der Waals surface area contributed by atoms with Crippen LogP contribution in [-0.4, -0.2) is 36.3 Å². The smallest absolute Gasteiger partial charge is 0.410 e. The maximum absolute atomic E-state index is 12.1. The Bertz CT molecular complexity index is 675. The van der Waals surface area contributed by atoms with Crippen molar-refractivity contribution in [2.24, 2.45) is 5.92 Å². The molecule has 2 aromatic rings. The van der Waals surface area contributed by atoms with Gasteiger partial charge in [-0.1, -0.05) is 18.2 Å². The summed E-state index contributed by atoms with van der Waals surface area (Å²) in [5, 5.41) is 1.10. The molecule has 1 aromatic carbocycles. The first-order valence-corrected chi connectivity index (χ1v) is 8.94. The fraction of sp³-hybridized carbons (Fsp3) is 0.550. The van der Waals surface area contributed by atoms with Gasteiger partial charge in [0.2, 0.25) is 0 Å². The summed E-state index contributed by atoms with van der Waals surface area (Å²) in [6, 6.07) is 10.00. The molecule has 3 rings (SSSR count). The van der Waals surface area contributed by atoms with Gasteiger partial charge in [-0.25, -0.2) is 4.79 Å². The predicted octanol–water partition coefficient (Wildman–Crippen LogP) is 4.60. The lowest BCUT2D eigenvalue weighted by atomic mass is 9.98. The first-order chi connectivity index (χ1) is 11.9. The molecule has 25 heavy (non-hydrogen) atoms. The zero-order valence-electron chi connectivity index (χ0n) is 15.3. The van der Waals surface area contributed by atoms with Crippen LogP contribution in [0.3, 0.4) is 0 Å². The number of hydrogen-bond donors (Lipinski definition) is 0. The first kappa shape index (κ1) is 17.8. The largest absolute Gasteiger partial charge is 0.459 e. The summed E-state index contributed by atoms with van der Waals surface area (Å²) in [4.78, 5) is 13.9. The molecule has 136 valence electrons. The normalized spacial score (nSPS) is 16.4. The highest BCUT2D eigenvalue weighted by Crippen LogP contribution is 2.22. The van der Waals surface area contributed by atoms with Gasteiger partial charge >= 0.3 is 6.09 Å². The van der Waals surface area contributed by atoms with E-state index in [9.17, 15) is 4.79 Å². The van der Waals surface area contributed by atoms with Gasteiger partial charge in [0.05, 0.1) is 6.61 Å². The number of piperidine rings is 1. The second kappa shape index (κ2) is 7.48. The first-order valence-electron chi connectivity index (χ1n) is 8.94. The number of amides is 1. The molecule has 1 aliphatic heterocycles. The fourth-order valence-corrected chi connectivity index (χ4v) is 3.04. The molecular formula is C20H27NO4. The van der Waals surface area contributed by atoms with E-state index in [4.69, 9.17) is 13.9 Å². The highest BCUT2D eigenvalue weighted by molar-refractivity contribution is 5.77. The molecule has 0 unspecified atom stereocenters. The van der Waals surface area contributed by atoms with Gasteiger partial charge in [-0.05, 0) is 51.7 Å². The van der Waals surface area contributed by atoms with Gasteiger partial charge in [0.1, 0.15) is 23.6 Å². The van der Waals surface area contributed by atoms with Crippen LogP contribution >= 0.6 is 0 Å². The SMILES string of the molecule is CC(C)(C)OC(=O)N1CCC(COCc2cc3ccccc3o2)CC1. The van der Waals surface area contributed by atoms with Crippen LogP contribution in [0.2, 0.25) is 0 Å². The number of benzene rings is 1. The molecule has 0 atom stereocenters. The zero-order chi connectivity index (χ0) is 17.9. The van der Waals surface area contributed by atoms with Crippen LogP contribution in [0.1, 0.15) is 39.4 Å². The number of hydrogen-bond acceptors (Lipinski definition) is 4. The van der Waals surface area contributed by atoms with Crippen LogP contribution < -0.4 is 0 Å². The minimum Gasteiger partial charge on any atom is -0.459 e. The molecule has 1 saturated heterocycles. The molecule has 1 aromatic heterocycles. The third-order valence-electron chi connectivity index (χ3n) is 4.34. The maximum Gasteiger partial charge on any atom is 0.410 e. The van der Waals surface area contributed by atoms with Crippen molar-refractivity contribution in [3.63, 3.8) is 0 Å². The van der Waals surface area contributed by atoms with Gasteiger partial charge in [0.15, 0.2) is 0 Å². The van der Waals surface area contributed by atoms with Crippen molar-refractivity contribution in [1.82, 2.24) is 4.90 Å². The van der Waals surface area contributed by atoms with Gasteiger partial charge in [-0.15, -0.1) is 0 Å². The summed E-state index contributed by atoms with van der Waals surface area (Å²) >= 11 is 0. The van der Waals surface area contributed by atoms with E-state index < -0.39 is 5.60 Å². The third-order valence-corrected chi connectivity index (χ3v) is 4.34. The number of likely N-dealkylation sites (tertiary alicyclic amines) is 1. The van der Waals surface area contributed by atoms with E-state index in [-0.39, 0.29) is 6.09 Å². The van der Waals surface area contributed by atoms with E-state index in [0.29, 0.717) is 19.1 Å². The molecule has 0 bridgehead atoms. The monoisotopic (exact) mass is 345 g/mol. The lowest BCUT2D eigenvalue weighted by Crippen LogP contribution is -2.42. The van der Waals surface area contributed by atoms with Gasteiger partial charge in [-0.3, -0.25) is 0 Å². The van der Waals surface area contributed by atoms with Crippen molar-refractivity contribution in [3.05, 3.63) is 36.1 Å². The summed E-state index contributed by atoms with van der Waals surface area (Å²) in [6.07, 6.45) is 1.67. The molecule has 1 amide bonds. The van der Waals surface area contributed by atoms with E-state index in [0.717, 1.165) is 42.7 Å². The summed E-state index contributed by atoms with van der Waals surface area (Å²) in [5.41, 5.74) is 0.454. The Hall–Kier alpha value is -2.01. The van der Waals surface area contributed by atoms with Crippen molar-refractivity contribution in [2.75, 3.05) is 19.7 Å². The lowest BCUT2D eigenvalue weighted by molar-refractivity contribution is 0.00952. The van der Waals surface area contributed by atoms with E-state index in [1.165, 1.54) is 0 Å². The number of ether oxygens (including phenoxy) is 2. The van der Waals surface area contributed by atoms with Crippen molar-refractivity contribution < 1.29 is 18.7 Å². The average Bonchev–Trinajstić information content (AvgIpc) is 2.96. The summed E-state index contributed by atoms with van der Waals surface area (Å²) in [7, 11) is 0. The Labute approximate surface area is 148 Å². The highest BCUT2D eigenvalue weighted by Gasteiger charge is 2.26. The lowest BCUT2D eigenvalue weighted by Gasteiger charge is -2.33. The number of rotatable bonds is 4. The Morgan fingerprint density at radius 1 is 1.24 bits per heavy atom. The predicted molar refractivity (Wildman–Crippen MR) is 96.4 cm³/mol. The van der Waals surface area contributed by atoms with Crippen LogP contribution in [-0.2, 0) is 16.1 Å². The molecule has 0 saturated carbocycles. The molecular weight excluding hydrogens is 318 g/mol. The van der Waals surface area contributed by atoms with E-state index >= 15 is 0 Å². The highest BCUT2D eigenvalue weighted by atomic mass is 16.6. The van der Waals surface area contributed by atoms with Gasteiger partial charge < -0.3 is 18.8 Å². The summed E-state index contributed by atoms with van der Waals surface area (Å²) in [6.45, 7) is 8.32. The molecule has 2 heterocycles. The van der Waals surface area contributed by atoms with Crippen molar-refractivity contribution >= 4 is 17.1 Å². The van der Waals surface area contributed by atoms with Crippen LogP contribution in [0.4, 0.5) is 4.79 Å². The number of furan rings is 1. The topological polar surface area (TPSA) is 51.9 Å². The second-order valence-corrected chi connectivity index (χ2v) is 7.68. The molecule has 5 nitrogen and oxygen atoms in total. The minimum absolute atomic E-state index is 0.214. The van der Waals surface area contributed by atoms with E-state index in [1.807, 2.05) is 51.1 Å². The zero-order valence-corrected chi connectivity index (χ0v) is 15.3. The van der Waals surface area contributed by atoms with Crippen molar-refractivity contribution in [3.8, 4) is 0 Å².